The van der Waals surface area contributed by atoms with Gasteiger partial charge >= 0.3 is 0 Å². The summed E-state index contributed by atoms with van der Waals surface area (Å²) in [6.45, 7) is 0.815. The molecule has 0 radical (unpaired) electrons. The summed E-state index contributed by atoms with van der Waals surface area (Å²) in [6.07, 6.45) is 2.70. The van der Waals surface area contributed by atoms with Crippen LogP contribution in [0.5, 0.6) is 0 Å². The van der Waals surface area contributed by atoms with E-state index in [0.717, 1.165) is 26.9 Å². The SMILES string of the molecule is O=C1C[C@H](c2ccc(Br)s2)c2cn(Cc3ccccc3)c3cccc(c23)N1. The van der Waals surface area contributed by atoms with Gasteiger partial charge < -0.3 is 9.88 Å². The maximum atomic E-state index is 12.5. The Bertz CT molecular complexity index is 1150. The van der Waals surface area contributed by atoms with Crippen molar-refractivity contribution in [2.45, 2.75) is 18.9 Å². The molecule has 2 aromatic heterocycles. The first-order valence-electron chi connectivity index (χ1n) is 8.90. The van der Waals surface area contributed by atoms with Gasteiger partial charge in [-0.05, 0) is 51.3 Å². The van der Waals surface area contributed by atoms with E-state index in [0.29, 0.717) is 6.42 Å². The molecule has 0 unspecified atom stereocenters. The minimum absolute atomic E-state index is 0.0721. The molecule has 134 valence electrons. The van der Waals surface area contributed by atoms with E-state index in [9.17, 15) is 4.79 Å². The fraction of sp³-hybridized carbons (Fsp3) is 0.136. The number of hydrogen-bond donors (Lipinski definition) is 1. The van der Waals surface area contributed by atoms with Crippen LogP contribution in [0.4, 0.5) is 5.69 Å². The Balaban J connectivity index is 1.70. The first-order chi connectivity index (χ1) is 13.2. The van der Waals surface area contributed by atoms with Gasteiger partial charge in [-0.15, -0.1) is 11.3 Å². The highest BCUT2D eigenvalue weighted by Crippen LogP contribution is 2.43. The molecule has 0 spiro atoms. The normalized spacial score (nSPS) is 16.3. The molecule has 1 amide bonds. The average Bonchev–Trinajstić information content (AvgIpc) is 3.22. The van der Waals surface area contributed by atoms with E-state index in [1.54, 1.807) is 11.3 Å². The second-order valence-corrected chi connectivity index (χ2v) is 9.34. The molecule has 0 fully saturated rings. The summed E-state index contributed by atoms with van der Waals surface area (Å²) in [4.78, 5) is 13.7. The van der Waals surface area contributed by atoms with Crippen LogP contribution in [-0.4, -0.2) is 10.5 Å². The van der Waals surface area contributed by atoms with Crippen molar-refractivity contribution in [3.05, 3.63) is 86.7 Å². The standard InChI is InChI=1S/C22H17BrN2OS/c23-20-10-9-19(27-20)15-11-21(26)24-17-7-4-8-18-22(17)16(15)13-25(18)12-14-5-2-1-3-6-14/h1-10,13,15H,11-12H2,(H,24,26)/t15-/m0/s1. The second kappa shape index (κ2) is 6.66. The minimum Gasteiger partial charge on any atom is -0.343 e. The van der Waals surface area contributed by atoms with Gasteiger partial charge in [0.2, 0.25) is 5.91 Å². The Morgan fingerprint density at radius 3 is 2.70 bits per heavy atom. The minimum atomic E-state index is 0.0721. The molecule has 5 rings (SSSR count). The average molecular weight is 437 g/mol. The van der Waals surface area contributed by atoms with Crippen molar-refractivity contribution in [2.75, 3.05) is 5.32 Å². The lowest BCUT2D eigenvalue weighted by atomic mass is 9.94. The maximum Gasteiger partial charge on any atom is 0.225 e. The molecule has 2 aromatic carbocycles. The van der Waals surface area contributed by atoms with Crippen molar-refractivity contribution in [2.24, 2.45) is 0 Å². The lowest BCUT2D eigenvalue weighted by Crippen LogP contribution is -2.13. The van der Waals surface area contributed by atoms with Crippen LogP contribution in [0.15, 0.2) is 70.6 Å². The Morgan fingerprint density at radius 1 is 1.07 bits per heavy atom. The number of aromatic nitrogens is 1. The number of carbonyl (C=O) groups excluding carboxylic acids is 1. The number of nitrogens with zero attached hydrogens (tertiary/aromatic N) is 1. The first kappa shape index (κ1) is 16.8. The number of hydrogen-bond acceptors (Lipinski definition) is 2. The van der Waals surface area contributed by atoms with Gasteiger partial charge in [0.1, 0.15) is 0 Å². The lowest BCUT2D eigenvalue weighted by molar-refractivity contribution is -0.116. The number of thiophene rings is 1. The predicted octanol–water partition coefficient (Wildman–Crippen LogP) is 5.99. The number of benzene rings is 2. The fourth-order valence-electron chi connectivity index (χ4n) is 3.93. The quantitative estimate of drug-likeness (QED) is 0.420. The molecule has 0 bridgehead atoms. The molecule has 1 aliphatic heterocycles. The highest BCUT2D eigenvalue weighted by atomic mass is 79.9. The van der Waals surface area contributed by atoms with Crippen LogP contribution in [0, 0.1) is 0 Å². The molecular formula is C22H17BrN2OS. The third-order valence-corrected chi connectivity index (χ3v) is 6.85. The zero-order valence-corrected chi connectivity index (χ0v) is 16.9. The second-order valence-electron chi connectivity index (χ2n) is 6.84. The number of amides is 1. The van der Waals surface area contributed by atoms with Gasteiger partial charge in [0, 0.05) is 35.3 Å². The monoisotopic (exact) mass is 436 g/mol. The van der Waals surface area contributed by atoms with Crippen LogP contribution >= 0.6 is 27.3 Å². The van der Waals surface area contributed by atoms with E-state index in [4.69, 9.17) is 0 Å². The summed E-state index contributed by atoms with van der Waals surface area (Å²) in [6, 6.07) is 20.8. The Morgan fingerprint density at radius 2 is 1.93 bits per heavy atom. The third kappa shape index (κ3) is 3.01. The van der Waals surface area contributed by atoms with Gasteiger partial charge in [0.25, 0.3) is 0 Å². The number of nitrogens with one attached hydrogen (secondary N) is 1. The highest BCUT2D eigenvalue weighted by molar-refractivity contribution is 9.11. The van der Waals surface area contributed by atoms with Crippen molar-refractivity contribution in [3.63, 3.8) is 0 Å². The molecule has 0 saturated heterocycles. The molecule has 4 aromatic rings. The van der Waals surface area contributed by atoms with Crippen LogP contribution in [0.1, 0.15) is 28.3 Å². The van der Waals surface area contributed by atoms with E-state index < -0.39 is 0 Å². The Hall–Kier alpha value is -2.37. The fourth-order valence-corrected chi connectivity index (χ4v) is 5.47. The van der Waals surface area contributed by atoms with Gasteiger partial charge in [-0.25, -0.2) is 0 Å². The summed E-state index contributed by atoms with van der Waals surface area (Å²) in [5.41, 5.74) is 4.57. The van der Waals surface area contributed by atoms with E-state index in [-0.39, 0.29) is 11.8 Å². The summed E-state index contributed by atoms with van der Waals surface area (Å²) >= 11 is 5.27. The summed E-state index contributed by atoms with van der Waals surface area (Å²) < 4.78 is 3.40. The van der Waals surface area contributed by atoms with Crippen molar-refractivity contribution in [3.8, 4) is 0 Å². The topological polar surface area (TPSA) is 34.0 Å². The van der Waals surface area contributed by atoms with Crippen LogP contribution in [0.3, 0.4) is 0 Å². The van der Waals surface area contributed by atoms with Gasteiger partial charge in [-0.3, -0.25) is 4.79 Å². The number of rotatable bonds is 3. The molecule has 3 heterocycles. The summed E-state index contributed by atoms with van der Waals surface area (Å²) in [7, 11) is 0. The van der Waals surface area contributed by atoms with Crippen molar-refractivity contribution in [1.29, 1.82) is 0 Å². The zero-order chi connectivity index (χ0) is 18.4. The van der Waals surface area contributed by atoms with E-state index in [2.05, 4.69) is 74.5 Å². The summed E-state index contributed by atoms with van der Waals surface area (Å²) in [5.74, 6) is 0.146. The van der Waals surface area contributed by atoms with E-state index in [1.165, 1.54) is 16.0 Å². The van der Waals surface area contributed by atoms with Crippen LogP contribution < -0.4 is 5.32 Å². The van der Waals surface area contributed by atoms with Gasteiger partial charge in [-0.2, -0.15) is 0 Å². The molecule has 5 heteroatoms. The molecular weight excluding hydrogens is 420 g/mol. The molecule has 1 N–H and O–H groups in total. The van der Waals surface area contributed by atoms with E-state index >= 15 is 0 Å². The van der Waals surface area contributed by atoms with Crippen LogP contribution in [0.2, 0.25) is 0 Å². The molecule has 1 atom stereocenters. The summed E-state index contributed by atoms with van der Waals surface area (Å²) in [5, 5.41) is 4.27. The molecule has 1 aliphatic rings. The predicted molar refractivity (Wildman–Crippen MR) is 115 cm³/mol. The number of anilines is 1. The Kier molecular flexibility index (Phi) is 4.14. The lowest BCUT2D eigenvalue weighted by Gasteiger charge is -2.12. The smallest absolute Gasteiger partial charge is 0.225 e. The number of halogens is 1. The zero-order valence-electron chi connectivity index (χ0n) is 14.5. The van der Waals surface area contributed by atoms with Gasteiger partial charge in [0.05, 0.1) is 15.0 Å². The molecule has 3 nitrogen and oxygen atoms in total. The molecule has 0 aliphatic carbocycles. The van der Waals surface area contributed by atoms with Crippen LogP contribution in [0.25, 0.3) is 10.9 Å². The van der Waals surface area contributed by atoms with E-state index in [1.807, 2.05) is 18.2 Å². The molecule has 0 saturated carbocycles. The highest BCUT2D eigenvalue weighted by Gasteiger charge is 2.28. The number of carbonyl (C=O) groups is 1. The van der Waals surface area contributed by atoms with Gasteiger partial charge in [0.15, 0.2) is 0 Å². The van der Waals surface area contributed by atoms with Crippen LogP contribution in [-0.2, 0) is 11.3 Å². The largest absolute Gasteiger partial charge is 0.343 e. The van der Waals surface area contributed by atoms with Gasteiger partial charge in [-0.1, -0.05) is 36.4 Å². The first-order valence-corrected chi connectivity index (χ1v) is 10.5. The van der Waals surface area contributed by atoms with Crippen molar-refractivity contribution >= 4 is 49.8 Å². The Labute approximate surface area is 169 Å². The van der Waals surface area contributed by atoms with Crippen molar-refractivity contribution in [1.82, 2.24) is 4.57 Å². The molecule has 27 heavy (non-hydrogen) atoms. The maximum absolute atomic E-state index is 12.5. The third-order valence-electron chi connectivity index (χ3n) is 5.11. The van der Waals surface area contributed by atoms with Crippen molar-refractivity contribution < 1.29 is 4.79 Å².